The second-order valence-electron chi connectivity index (χ2n) is 4.41. The van der Waals surface area contributed by atoms with Gasteiger partial charge in [0, 0.05) is 25.3 Å². The highest BCUT2D eigenvalue weighted by molar-refractivity contribution is 6.33. The molecular weight excluding hydrogens is 250 g/mol. The van der Waals surface area contributed by atoms with E-state index in [0.717, 1.165) is 25.9 Å². The van der Waals surface area contributed by atoms with Gasteiger partial charge in [0.2, 0.25) is 0 Å². The van der Waals surface area contributed by atoms with Crippen LogP contribution in [-0.2, 0) is 0 Å². The van der Waals surface area contributed by atoms with Crippen molar-refractivity contribution in [2.75, 3.05) is 18.4 Å². The molecule has 1 fully saturated rings. The molecule has 18 heavy (non-hydrogen) atoms. The van der Waals surface area contributed by atoms with Crippen molar-refractivity contribution in [3.8, 4) is 0 Å². The van der Waals surface area contributed by atoms with E-state index in [1.165, 1.54) is 0 Å². The van der Waals surface area contributed by atoms with E-state index in [1.807, 2.05) is 18.7 Å². The fourth-order valence-corrected chi connectivity index (χ4v) is 2.21. The number of nitrogens with one attached hydrogen (secondary N) is 1. The highest BCUT2D eigenvalue weighted by Crippen LogP contribution is 2.29. The summed E-state index contributed by atoms with van der Waals surface area (Å²) in [6, 6.07) is 2.11. The van der Waals surface area contributed by atoms with Gasteiger partial charge < -0.3 is 10.2 Å². The third kappa shape index (κ3) is 2.75. The molecule has 1 aliphatic rings. The minimum Gasteiger partial charge on any atom is -0.369 e. The van der Waals surface area contributed by atoms with Crippen molar-refractivity contribution in [1.82, 2.24) is 9.88 Å². The van der Waals surface area contributed by atoms with Crippen LogP contribution in [0.25, 0.3) is 0 Å². The van der Waals surface area contributed by atoms with Crippen molar-refractivity contribution in [2.24, 2.45) is 0 Å². The van der Waals surface area contributed by atoms with Gasteiger partial charge in [-0.15, -0.1) is 0 Å². The van der Waals surface area contributed by atoms with Crippen molar-refractivity contribution in [2.45, 2.75) is 32.7 Å². The van der Waals surface area contributed by atoms with Crippen LogP contribution < -0.4 is 5.32 Å². The number of carbonyl (C=O) groups is 1. The van der Waals surface area contributed by atoms with Crippen molar-refractivity contribution in [3.63, 3.8) is 0 Å². The topological polar surface area (TPSA) is 45.2 Å². The fourth-order valence-electron chi connectivity index (χ4n) is 1.97. The van der Waals surface area contributed by atoms with E-state index in [1.54, 1.807) is 12.3 Å². The van der Waals surface area contributed by atoms with Crippen molar-refractivity contribution in [3.05, 3.63) is 22.8 Å². The molecule has 4 nitrogen and oxygen atoms in total. The molecule has 0 bridgehead atoms. The van der Waals surface area contributed by atoms with Crippen LogP contribution in [0.1, 0.15) is 37.0 Å². The standard InChI is InChI=1S/C13H18ClN3O/c1-3-15-12-11(14)7-9(8-16-12)13(18)17(4-2)10-5-6-10/h7-8,10H,3-6H2,1-2H3,(H,15,16). The Morgan fingerprint density at radius 3 is 2.78 bits per heavy atom. The Bertz CT molecular complexity index is 446. The molecule has 0 atom stereocenters. The Morgan fingerprint density at radius 1 is 1.56 bits per heavy atom. The van der Waals surface area contributed by atoms with Gasteiger partial charge in [-0.1, -0.05) is 11.6 Å². The lowest BCUT2D eigenvalue weighted by Crippen LogP contribution is -2.32. The number of anilines is 1. The molecule has 0 spiro atoms. The summed E-state index contributed by atoms with van der Waals surface area (Å²) in [6.07, 6.45) is 3.81. The first-order valence-corrected chi connectivity index (χ1v) is 6.75. The number of nitrogens with zero attached hydrogens (tertiary/aromatic N) is 2. The van der Waals surface area contributed by atoms with Gasteiger partial charge in [-0.2, -0.15) is 0 Å². The summed E-state index contributed by atoms with van der Waals surface area (Å²) in [5, 5.41) is 3.55. The summed E-state index contributed by atoms with van der Waals surface area (Å²) in [7, 11) is 0. The molecule has 0 radical (unpaired) electrons. The number of amides is 1. The molecule has 1 aliphatic carbocycles. The third-order valence-electron chi connectivity index (χ3n) is 3.02. The van der Waals surface area contributed by atoms with Crippen LogP contribution in [-0.4, -0.2) is 34.9 Å². The number of aromatic nitrogens is 1. The average molecular weight is 268 g/mol. The van der Waals surface area contributed by atoms with E-state index in [0.29, 0.717) is 22.4 Å². The average Bonchev–Trinajstić information content (AvgIpc) is 3.17. The van der Waals surface area contributed by atoms with Gasteiger partial charge >= 0.3 is 0 Å². The lowest BCUT2D eigenvalue weighted by Gasteiger charge is -2.20. The van der Waals surface area contributed by atoms with E-state index in [-0.39, 0.29) is 5.91 Å². The molecule has 5 heteroatoms. The highest BCUT2D eigenvalue weighted by atomic mass is 35.5. The lowest BCUT2D eigenvalue weighted by molar-refractivity contribution is 0.0752. The second kappa shape index (κ2) is 5.57. The molecule has 0 unspecified atom stereocenters. The van der Waals surface area contributed by atoms with E-state index in [2.05, 4.69) is 10.3 Å². The van der Waals surface area contributed by atoms with Crippen LogP contribution in [0.4, 0.5) is 5.82 Å². The molecule has 1 aromatic heterocycles. The monoisotopic (exact) mass is 267 g/mol. The maximum atomic E-state index is 12.3. The third-order valence-corrected chi connectivity index (χ3v) is 3.31. The minimum atomic E-state index is 0.0254. The lowest BCUT2D eigenvalue weighted by atomic mass is 10.2. The number of pyridine rings is 1. The summed E-state index contributed by atoms with van der Waals surface area (Å²) in [5.74, 6) is 0.655. The minimum absolute atomic E-state index is 0.0254. The van der Waals surface area contributed by atoms with E-state index in [9.17, 15) is 4.79 Å². The van der Waals surface area contributed by atoms with E-state index < -0.39 is 0 Å². The van der Waals surface area contributed by atoms with E-state index in [4.69, 9.17) is 11.6 Å². The van der Waals surface area contributed by atoms with Gasteiger partial charge in [-0.3, -0.25) is 4.79 Å². The smallest absolute Gasteiger partial charge is 0.255 e. The number of hydrogen-bond donors (Lipinski definition) is 1. The Kier molecular flexibility index (Phi) is 4.07. The maximum Gasteiger partial charge on any atom is 0.255 e. The first-order chi connectivity index (χ1) is 8.67. The van der Waals surface area contributed by atoms with Crippen molar-refractivity contribution < 1.29 is 4.79 Å². The molecule has 1 saturated carbocycles. The highest BCUT2D eigenvalue weighted by Gasteiger charge is 2.32. The largest absolute Gasteiger partial charge is 0.369 e. The molecule has 1 amide bonds. The molecular formula is C13H18ClN3O. The molecule has 2 rings (SSSR count). The maximum absolute atomic E-state index is 12.3. The Balaban J connectivity index is 2.17. The first-order valence-electron chi connectivity index (χ1n) is 6.37. The van der Waals surface area contributed by atoms with Crippen molar-refractivity contribution >= 4 is 23.3 Å². The number of hydrogen-bond acceptors (Lipinski definition) is 3. The van der Waals surface area contributed by atoms with Crippen LogP contribution in [0.15, 0.2) is 12.3 Å². The zero-order valence-corrected chi connectivity index (χ0v) is 11.5. The van der Waals surface area contributed by atoms with Crippen LogP contribution >= 0.6 is 11.6 Å². The van der Waals surface area contributed by atoms with Crippen LogP contribution in [0.5, 0.6) is 0 Å². The van der Waals surface area contributed by atoms with Crippen LogP contribution in [0, 0.1) is 0 Å². The van der Waals surface area contributed by atoms with Crippen LogP contribution in [0.3, 0.4) is 0 Å². The predicted molar refractivity (Wildman–Crippen MR) is 73.1 cm³/mol. The number of rotatable bonds is 5. The zero-order valence-electron chi connectivity index (χ0n) is 10.7. The SMILES string of the molecule is CCNc1ncc(C(=O)N(CC)C2CC2)cc1Cl. The Morgan fingerprint density at radius 2 is 2.28 bits per heavy atom. The van der Waals surface area contributed by atoms with Gasteiger partial charge in [0.25, 0.3) is 5.91 Å². The molecule has 0 saturated heterocycles. The number of halogens is 1. The first kappa shape index (κ1) is 13.1. The molecule has 98 valence electrons. The van der Waals surface area contributed by atoms with E-state index >= 15 is 0 Å². The van der Waals surface area contributed by atoms with Gasteiger partial charge in [0.05, 0.1) is 10.6 Å². The molecule has 0 aliphatic heterocycles. The summed E-state index contributed by atoms with van der Waals surface area (Å²) >= 11 is 6.10. The van der Waals surface area contributed by atoms with Crippen LogP contribution in [0.2, 0.25) is 5.02 Å². The fraction of sp³-hybridized carbons (Fsp3) is 0.538. The predicted octanol–water partition coefficient (Wildman–Crippen LogP) is 2.79. The summed E-state index contributed by atoms with van der Waals surface area (Å²) in [5.41, 5.74) is 0.565. The zero-order chi connectivity index (χ0) is 13.1. The summed E-state index contributed by atoms with van der Waals surface area (Å²) in [6.45, 7) is 5.46. The van der Waals surface area contributed by atoms with Gasteiger partial charge in [-0.25, -0.2) is 4.98 Å². The molecule has 1 heterocycles. The van der Waals surface area contributed by atoms with Gasteiger partial charge in [-0.05, 0) is 32.8 Å². The van der Waals surface area contributed by atoms with Gasteiger partial charge in [0.1, 0.15) is 5.82 Å². The van der Waals surface area contributed by atoms with Gasteiger partial charge in [0.15, 0.2) is 0 Å². The summed E-state index contributed by atoms with van der Waals surface area (Å²) in [4.78, 5) is 18.4. The Hall–Kier alpha value is -1.29. The second-order valence-corrected chi connectivity index (χ2v) is 4.81. The molecule has 1 N–H and O–H groups in total. The normalized spacial score (nSPS) is 14.4. The summed E-state index contributed by atoms with van der Waals surface area (Å²) < 4.78 is 0. The molecule has 0 aromatic carbocycles. The quantitative estimate of drug-likeness (QED) is 0.892. The Labute approximate surface area is 112 Å². The molecule has 1 aromatic rings. The number of carbonyl (C=O) groups excluding carboxylic acids is 1. The van der Waals surface area contributed by atoms with Crippen molar-refractivity contribution in [1.29, 1.82) is 0 Å².